The molecule has 0 atom stereocenters. The van der Waals surface area contributed by atoms with Crippen molar-refractivity contribution in [3.8, 4) is 0 Å². The van der Waals surface area contributed by atoms with Crippen molar-refractivity contribution in [2.45, 2.75) is 37.4 Å². The van der Waals surface area contributed by atoms with Gasteiger partial charge >= 0.3 is 0 Å². The van der Waals surface area contributed by atoms with Crippen molar-refractivity contribution in [1.82, 2.24) is 5.32 Å². The molecule has 0 spiro atoms. The monoisotopic (exact) mass is 334 g/mol. The van der Waals surface area contributed by atoms with E-state index in [0.29, 0.717) is 6.54 Å². The topological polar surface area (TPSA) is 72.2 Å². The number of carbonyl (C=O) groups is 1. The van der Waals surface area contributed by atoms with Gasteiger partial charge in [-0.1, -0.05) is 19.3 Å². The Morgan fingerprint density at radius 3 is 2.61 bits per heavy atom. The van der Waals surface area contributed by atoms with Crippen LogP contribution >= 0.6 is 11.8 Å². The summed E-state index contributed by atoms with van der Waals surface area (Å²) >= 11 is 1.96. The number of thioether (sulfide) groups is 1. The number of nitro benzene ring substituents is 1. The standard InChI is InChI=1S/C17H22N2O3S/c20-17(18-12-13-23-16-4-2-1-3-5-16)11-8-14-6-9-15(10-7-14)19(21)22/h6-11,16H,1-5,12-13H2,(H,18,20)/b11-8+. The number of amides is 1. The summed E-state index contributed by atoms with van der Waals surface area (Å²) in [5, 5.41) is 14.2. The van der Waals surface area contributed by atoms with Gasteiger partial charge in [0.25, 0.3) is 5.69 Å². The van der Waals surface area contributed by atoms with E-state index in [4.69, 9.17) is 0 Å². The number of nitrogens with one attached hydrogen (secondary N) is 1. The van der Waals surface area contributed by atoms with Crippen LogP contribution in [0.1, 0.15) is 37.7 Å². The molecule has 2 rings (SSSR count). The Balaban J connectivity index is 1.66. The van der Waals surface area contributed by atoms with Crippen LogP contribution < -0.4 is 5.32 Å². The first kappa shape index (κ1) is 17.5. The maximum atomic E-state index is 11.7. The second-order valence-corrected chi connectivity index (χ2v) is 7.01. The SMILES string of the molecule is O=C(/C=C/c1ccc([N+](=O)[O-])cc1)NCCSC1CCCCC1. The zero-order chi connectivity index (χ0) is 16.5. The van der Waals surface area contributed by atoms with Crippen LogP contribution in [0.25, 0.3) is 6.08 Å². The predicted octanol–water partition coefficient (Wildman–Crippen LogP) is 3.79. The number of benzene rings is 1. The quantitative estimate of drug-likeness (QED) is 0.356. The van der Waals surface area contributed by atoms with E-state index in [-0.39, 0.29) is 11.6 Å². The van der Waals surface area contributed by atoms with Crippen molar-refractivity contribution in [2.75, 3.05) is 12.3 Å². The molecule has 1 fully saturated rings. The molecule has 1 amide bonds. The van der Waals surface area contributed by atoms with Gasteiger partial charge in [0, 0.05) is 35.8 Å². The van der Waals surface area contributed by atoms with Gasteiger partial charge in [-0.25, -0.2) is 0 Å². The summed E-state index contributed by atoms with van der Waals surface area (Å²) in [6.45, 7) is 0.671. The van der Waals surface area contributed by atoms with E-state index in [1.165, 1.54) is 50.3 Å². The molecule has 0 aliphatic heterocycles. The molecule has 1 aliphatic rings. The fraction of sp³-hybridized carbons (Fsp3) is 0.471. The molecule has 23 heavy (non-hydrogen) atoms. The minimum Gasteiger partial charge on any atom is -0.352 e. The van der Waals surface area contributed by atoms with Gasteiger partial charge < -0.3 is 5.32 Å². The molecule has 1 aliphatic carbocycles. The zero-order valence-corrected chi connectivity index (χ0v) is 13.9. The lowest BCUT2D eigenvalue weighted by atomic mass is 10.0. The largest absolute Gasteiger partial charge is 0.352 e. The van der Waals surface area contributed by atoms with E-state index in [9.17, 15) is 14.9 Å². The second kappa shape index (κ2) is 9.35. The molecule has 1 N–H and O–H groups in total. The van der Waals surface area contributed by atoms with Crippen LogP contribution in [0, 0.1) is 10.1 Å². The average molecular weight is 334 g/mol. The first-order valence-corrected chi connectivity index (χ1v) is 9.02. The van der Waals surface area contributed by atoms with E-state index in [2.05, 4.69) is 5.32 Å². The van der Waals surface area contributed by atoms with E-state index in [0.717, 1.165) is 16.6 Å². The fourth-order valence-electron chi connectivity index (χ4n) is 2.57. The van der Waals surface area contributed by atoms with Gasteiger partial charge in [-0.05, 0) is 36.6 Å². The Morgan fingerprint density at radius 1 is 1.26 bits per heavy atom. The number of hydrogen-bond acceptors (Lipinski definition) is 4. The van der Waals surface area contributed by atoms with Crippen LogP contribution in [0.3, 0.4) is 0 Å². The Labute approximate surface area is 140 Å². The van der Waals surface area contributed by atoms with Crippen LogP contribution in [0.2, 0.25) is 0 Å². The Hall–Kier alpha value is -1.82. The minimum absolute atomic E-state index is 0.0475. The predicted molar refractivity (Wildman–Crippen MR) is 94.5 cm³/mol. The molecule has 0 saturated heterocycles. The number of carbonyl (C=O) groups excluding carboxylic acids is 1. The van der Waals surface area contributed by atoms with Crippen LogP contribution in [0.4, 0.5) is 5.69 Å². The van der Waals surface area contributed by atoms with Crippen molar-refractivity contribution in [1.29, 1.82) is 0 Å². The molecular weight excluding hydrogens is 312 g/mol. The lowest BCUT2D eigenvalue weighted by Gasteiger charge is -2.20. The summed E-state index contributed by atoms with van der Waals surface area (Å²) in [6, 6.07) is 6.11. The average Bonchev–Trinajstić information content (AvgIpc) is 2.58. The van der Waals surface area contributed by atoms with Gasteiger partial charge in [0.05, 0.1) is 4.92 Å². The van der Waals surface area contributed by atoms with E-state index in [1.54, 1.807) is 18.2 Å². The minimum atomic E-state index is -0.440. The molecule has 0 bridgehead atoms. The summed E-state index contributed by atoms with van der Waals surface area (Å²) in [5.41, 5.74) is 0.814. The summed E-state index contributed by atoms with van der Waals surface area (Å²) in [4.78, 5) is 21.8. The molecule has 1 aromatic carbocycles. The Kier molecular flexibility index (Phi) is 7.13. The third-order valence-corrected chi connectivity index (χ3v) is 5.22. The van der Waals surface area contributed by atoms with Gasteiger partial charge in [-0.2, -0.15) is 11.8 Å². The second-order valence-electron chi connectivity index (χ2n) is 5.60. The van der Waals surface area contributed by atoms with Crippen LogP contribution in [0.15, 0.2) is 30.3 Å². The number of non-ortho nitro benzene ring substituents is 1. The molecule has 0 aromatic heterocycles. The number of nitrogens with zero attached hydrogens (tertiary/aromatic N) is 1. The van der Waals surface area contributed by atoms with Crippen LogP contribution in [-0.2, 0) is 4.79 Å². The highest BCUT2D eigenvalue weighted by atomic mass is 32.2. The molecule has 0 unspecified atom stereocenters. The van der Waals surface area contributed by atoms with Gasteiger partial charge in [0.2, 0.25) is 5.91 Å². The van der Waals surface area contributed by atoms with Gasteiger partial charge in [-0.15, -0.1) is 0 Å². The van der Waals surface area contributed by atoms with Crippen molar-refractivity contribution in [3.05, 3.63) is 46.0 Å². The first-order valence-electron chi connectivity index (χ1n) is 7.97. The van der Waals surface area contributed by atoms with Gasteiger partial charge in [0.1, 0.15) is 0 Å². The third-order valence-electron chi connectivity index (χ3n) is 3.84. The smallest absolute Gasteiger partial charge is 0.269 e. The molecule has 1 saturated carbocycles. The number of hydrogen-bond donors (Lipinski definition) is 1. The third kappa shape index (κ3) is 6.44. The zero-order valence-electron chi connectivity index (χ0n) is 13.1. The summed E-state index contributed by atoms with van der Waals surface area (Å²) in [7, 11) is 0. The number of nitro groups is 1. The van der Waals surface area contributed by atoms with E-state index >= 15 is 0 Å². The summed E-state index contributed by atoms with van der Waals surface area (Å²) in [6.07, 6.45) is 9.77. The Bertz CT molecular complexity index is 551. The molecule has 1 aromatic rings. The molecule has 0 heterocycles. The molecule has 124 valence electrons. The maximum Gasteiger partial charge on any atom is 0.269 e. The summed E-state index contributed by atoms with van der Waals surface area (Å²) in [5.74, 6) is 0.814. The van der Waals surface area contributed by atoms with Crippen molar-refractivity contribution in [3.63, 3.8) is 0 Å². The lowest BCUT2D eigenvalue weighted by Crippen LogP contribution is -2.24. The highest BCUT2D eigenvalue weighted by Gasteiger charge is 2.13. The highest BCUT2D eigenvalue weighted by Crippen LogP contribution is 2.27. The van der Waals surface area contributed by atoms with Crippen LogP contribution in [-0.4, -0.2) is 28.4 Å². The first-order chi connectivity index (χ1) is 11.1. The molecule has 5 nitrogen and oxygen atoms in total. The van der Waals surface area contributed by atoms with Crippen molar-refractivity contribution < 1.29 is 9.72 Å². The Morgan fingerprint density at radius 2 is 1.96 bits per heavy atom. The highest BCUT2D eigenvalue weighted by molar-refractivity contribution is 7.99. The van der Waals surface area contributed by atoms with Gasteiger partial charge in [0.15, 0.2) is 0 Å². The fourth-order valence-corrected chi connectivity index (χ4v) is 3.79. The van der Waals surface area contributed by atoms with E-state index < -0.39 is 4.92 Å². The summed E-state index contributed by atoms with van der Waals surface area (Å²) < 4.78 is 0. The van der Waals surface area contributed by atoms with Crippen LogP contribution in [0.5, 0.6) is 0 Å². The van der Waals surface area contributed by atoms with Gasteiger partial charge in [-0.3, -0.25) is 14.9 Å². The molecular formula is C17H22N2O3S. The lowest BCUT2D eigenvalue weighted by molar-refractivity contribution is -0.384. The molecule has 6 heteroatoms. The van der Waals surface area contributed by atoms with E-state index in [1.807, 2.05) is 11.8 Å². The maximum absolute atomic E-state index is 11.7. The number of rotatable bonds is 7. The molecule has 0 radical (unpaired) electrons. The van der Waals surface area contributed by atoms with Crippen molar-refractivity contribution >= 4 is 29.4 Å². The normalized spacial score (nSPS) is 15.7. The van der Waals surface area contributed by atoms with Crippen molar-refractivity contribution in [2.24, 2.45) is 0 Å².